The van der Waals surface area contributed by atoms with Gasteiger partial charge in [-0.1, -0.05) is 24.3 Å². The number of nitrogens with zero attached hydrogens (tertiary/aromatic N) is 2. The van der Waals surface area contributed by atoms with Crippen LogP contribution in [-0.4, -0.2) is 15.3 Å². The van der Waals surface area contributed by atoms with Crippen LogP contribution in [0.25, 0.3) is 0 Å². The Labute approximate surface area is 122 Å². The van der Waals surface area contributed by atoms with Crippen molar-refractivity contribution in [2.45, 2.75) is 53.2 Å². The van der Waals surface area contributed by atoms with E-state index in [9.17, 15) is 0 Å². The van der Waals surface area contributed by atoms with Crippen molar-refractivity contribution >= 4 is 0 Å². The lowest BCUT2D eigenvalue weighted by atomic mass is 10.1. The van der Waals surface area contributed by atoms with Crippen LogP contribution in [0.2, 0.25) is 0 Å². The summed E-state index contributed by atoms with van der Waals surface area (Å²) in [5, 5.41) is 8.04. The maximum Gasteiger partial charge on any atom is 0.0662 e. The molecule has 1 aromatic heterocycles. The summed E-state index contributed by atoms with van der Waals surface area (Å²) < 4.78 is 2.06. The molecule has 1 heterocycles. The maximum atomic E-state index is 4.52. The van der Waals surface area contributed by atoms with Crippen LogP contribution in [-0.2, 0) is 13.1 Å². The molecule has 0 aliphatic rings. The van der Waals surface area contributed by atoms with Gasteiger partial charge in [0.1, 0.15) is 0 Å². The first-order chi connectivity index (χ1) is 9.33. The van der Waals surface area contributed by atoms with E-state index in [0.717, 1.165) is 18.8 Å². The minimum absolute atomic E-state index is 0.145. The normalized spacial score (nSPS) is 11.8. The van der Waals surface area contributed by atoms with Crippen LogP contribution < -0.4 is 5.32 Å². The summed E-state index contributed by atoms with van der Waals surface area (Å²) in [7, 11) is 0. The second kappa shape index (κ2) is 5.80. The first-order valence-electron chi connectivity index (χ1n) is 7.17. The molecular weight excluding hydrogens is 246 g/mol. The van der Waals surface area contributed by atoms with Gasteiger partial charge in [0, 0.05) is 17.8 Å². The van der Waals surface area contributed by atoms with Crippen LogP contribution in [0.3, 0.4) is 0 Å². The van der Waals surface area contributed by atoms with Gasteiger partial charge in [0.25, 0.3) is 0 Å². The van der Waals surface area contributed by atoms with Crippen molar-refractivity contribution < 1.29 is 0 Å². The van der Waals surface area contributed by atoms with E-state index in [0.29, 0.717) is 0 Å². The molecule has 0 aliphatic heterocycles. The van der Waals surface area contributed by atoms with E-state index in [1.54, 1.807) is 0 Å². The smallest absolute Gasteiger partial charge is 0.0662 e. The van der Waals surface area contributed by atoms with Crippen molar-refractivity contribution in [3.05, 3.63) is 52.8 Å². The van der Waals surface area contributed by atoms with Gasteiger partial charge in [0.15, 0.2) is 0 Å². The number of aromatic nitrogens is 2. The lowest BCUT2D eigenvalue weighted by Gasteiger charge is -2.20. The fraction of sp³-hybridized carbons (Fsp3) is 0.471. The van der Waals surface area contributed by atoms with Gasteiger partial charge in [0.05, 0.1) is 12.2 Å². The number of benzene rings is 1. The third kappa shape index (κ3) is 4.20. The summed E-state index contributed by atoms with van der Waals surface area (Å²) in [5.74, 6) is 0. The first kappa shape index (κ1) is 14.8. The van der Waals surface area contributed by atoms with E-state index in [4.69, 9.17) is 0 Å². The second-order valence-electron chi connectivity index (χ2n) is 6.51. The number of rotatable bonds is 4. The predicted octanol–water partition coefficient (Wildman–Crippen LogP) is 3.44. The second-order valence-corrected chi connectivity index (χ2v) is 6.51. The van der Waals surface area contributed by atoms with Gasteiger partial charge in [-0.15, -0.1) is 0 Å². The molecule has 0 atom stereocenters. The van der Waals surface area contributed by atoms with Gasteiger partial charge in [-0.2, -0.15) is 5.10 Å². The van der Waals surface area contributed by atoms with Crippen molar-refractivity contribution in [3.8, 4) is 0 Å². The van der Waals surface area contributed by atoms with Crippen molar-refractivity contribution in [2.24, 2.45) is 0 Å². The predicted molar refractivity (Wildman–Crippen MR) is 83.8 cm³/mol. The van der Waals surface area contributed by atoms with Crippen molar-refractivity contribution in [1.29, 1.82) is 0 Å². The molecule has 0 aliphatic carbocycles. The van der Waals surface area contributed by atoms with E-state index in [1.165, 1.54) is 16.8 Å². The fourth-order valence-electron chi connectivity index (χ4n) is 2.21. The van der Waals surface area contributed by atoms with Crippen molar-refractivity contribution in [3.63, 3.8) is 0 Å². The molecule has 2 aromatic rings. The Morgan fingerprint density at radius 3 is 2.40 bits per heavy atom. The van der Waals surface area contributed by atoms with Gasteiger partial charge < -0.3 is 5.32 Å². The summed E-state index contributed by atoms with van der Waals surface area (Å²) in [6.45, 7) is 12.4. The molecule has 1 N–H and O–H groups in total. The largest absolute Gasteiger partial charge is 0.308 e. The Hall–Kier alpha value is -1.61. The summed E-state index contributed by atoms with van der Waals surface area (Å²) in [4.78, 5) is 0. The third-order valence-electron chi connectivity index (χ3n) is 3.25. The van der Waals surface area contributed by atoms with Crippen LogP contribution >= 0.6 is 0 Å². The molecule has 0 radical (unpaired) electrons. The highest BCUT2D eigenvalue weighted by molar-refractivity contribution is 5.24. The van der Waals surface area contributed by atoms with Crippen LogP contribution in [0.1, 0.15) is 43.3 Å². The molecule has 20 heavy (non-hydrogen) atoms. The third-order valence-corrected chi connectivity index (χ3v) is 3.25. The molecule has 0 spiro atoms. The Bertz CT molecular complexity index is 576. The number of hydrogen-bond donors (Lipinski definition) is 1. The van der Waals surface area contributed by atoms with Gasteiger partial charge in [-0.3, -0.25) is 4.68 Å². The molecule has 3 nitrogen and oxygen atoms in total. The van der Waals surface area contributed by atoms with Crippen molar-refractivity contribution in [2.75, 3.05) is 0 Å². The molecule has 0 amide bonds. The molecule has 3 heteroatoms. The molecule has 0 fully saturated rings. The summed E-state index contributed by atoms with van der Waals surface area (Å²) in [6.07, 6.45) is 0. The van der Waals surface area contributed by atoms with E-state index in [2.05, 4.69) is 73.1 Å². The lowest BCUT2D eigenvalue weighted by Crippen LogP contribution is -2.35. The average molecular weight is 271 g/mol. The lowest BCUT2D eigenvalue weighted by molar-refractivity contribution is 0.424. The topological polar surface area (TPSA) is 29.9 Å². The molecule has 0 bridgehead atoms. The molecule has 0 unspecified atom stereocenters. The molecular formula is C17H25N3. The highest BCUT2D eigenvalue weighted by Crippen LogP contribution is 2.11. The molecule has 0 saturated carbocycles. The number of nitrogens with one attached hydrogen (secondary N) is 1. The summed E-state index contributed by atoms with van der Waals surface area (Å²) in [5.41, 5.74) is 5.04. The fourth-order valence-corrected chi connectivity index (χ4v) is 2.21. The van der Waals surface area contributed by atoms with Gasteiger partial charge in [-0.25, -0.2) is 0 Å². The summed E-state index contributed by atoms with van der Waals surface area (Å²) in [6, 6.07) is 10.8. The zero-order valence-corrected chi connectivity index (χ0v) is 13.2. The van der Waals surface area contributed by atoms with E-state index in [1.807, 2.05) is 6.92 Å². The zero-order chi connectivity index (χ0) is 14.8. The van der Waals surface area contributed by atoms with Crippen LogP contribution in [0.4, 0.5) is 0 Å². The van der Waals surface area contributed by atoms with Crippen LogP contribution in [0, 0.1) is 13.8 Å². The SMILES string of the molecule is Cc1cc(C)n(Cc2cccc(CNC(C)(C)C)c2)n1. The molecule has 1 aromatic carbocycles. The van der Waals surface area contributed by atoms with E-state index in [-0.39, 0.29) is 5.54 Å². The number of aryl methyl sites for hydroxylation is 2. The Morgan fingerprint density at radius 1 is 1.10 bits per heavy atom. The highest BCUT2D eigenvalue weighted by Gasteiger charge is 2.08. The maximum absolute atomic E-state index is 4.52. The Kier molecular flexibility index (Phi) is 4.29. The standard InChI is InChI=1S/C17H25N3/c1-13-9-14(2)20(19-13)12-16-8-6-7-15(10-16)11-18-17(3,4)5/h6-10,18H,11-12H2,1-5H3. The number of hydrogen-bond acceptors (Lipinski definition) is 2. The molecule has 2 rings (SSSR count). The Morgan fingerprint density at radius 2 is 1.80 bits per heavy atom. The van der Waals surface area contributed by atoms with E-state index < -0.39 is 0 Å². The Balaban J connectivity index is 2.08. The van der Waals surface area contributed by atoms with Crippen LogP contribution in [0.5, 0.6) is 0 Å². The average Bonchev–Trinajstić information content (AvgIpc) is 2.65. The quantitative estimate of drug-likeness (QED) is 0.923. The highest BCUT2D eigenvalue weighted by atomic mass is 15.3. The zero-order valence-electron chi connectivity index (χ0n) is 13.2. The first-order valence-corrected chi connectivity index (χ1v) is 7.17. The van der Waals surface area contributed by atoms with Crippen LogP contribution in [0.15, 0.2) is 30.3 Å². The van der Waals surface area contributed by atoms with Crippen molar-refractivity contribution in [1.82, 2.24) is 15.1 Å². The monoisotopic (exact) mass is 271 g/mol. The molecule has 0 saturated heterocycles. The van der Waals surface area contributed by atoms with Gasteiger partial charge in [0.2, 0.25) is 0 Å². The van der Waals surface area contributed by atoms with Gasteiger partial charge >= 0.3 is 0 Å². The van der Waals surface area contributed by atoms with Gasteiger partial charge in [-0.05, 0) is 51.8 Å². The minimum Gasteiger partial charge on any atom is -0.308 e. The minimum atomic E-state index is 0.145. The molecule has 108 valence electrons. The van der Waals surface area contributed by atoms with E-state index >= 15 is 0 Å². The summed E-state index contributed by atoms with van der Waals surface area (Å²) >= 11 is 0.